The third kappa shape index (κ3) is 7.15. The SMILES string of the molecule is CSCCC(NC(=O)CNC(=O)C(N)Cc1cnc[nH]1)C(=O)O. The quantitative estimate of drug-likeness (QED) is 0.355. The van der Waals surface area contributed by atoms with Crippen LogP contribution in [0.5, 0.6) is 0 Å². The summed E-state index contributed by atoms with van der Waals surface area (Å²) in [6, 6.07) is -1.79. The molecule has 0 aliphatic rings. The Morgan fingerprint density at radius 3 is 2.78 bits per heavy atom. The maximum atomic E-state index is 11.8. The second-order valence-electron chi connectivity index (χ2n) is 4.85. The highest BCUT2D eigenvalue weighted by Gasteiger charge is 2.20. The molecule has 0 spiro atoms. The van der Waals surface area contributed by atoms with Crippen molar-refractivity contribution in [3.63, 3.8) is 0 Å². The van der Waals surface area contributed by atoms with E-state index in [1.54, 1.807) is 6.20 Å². The summed E-state index contributed by atoms with van der Waals surface area (Å²) in [5.74, 6) is -1.56. The van der Waals surface area contributed by atoms with Gasteiger partial charge in [-0.2, -0.15) is 11.8 Å². The van der Waals surface area contributed by atoms with Crippen LogP contribution in [0.2, 0.25) is 0 Å². The summed E-state index contributed by atoms with van der Waals surface area (Å²) in [6.45, 7) is -0.321. The molecule has 2 unspecified atom stereocenters. The van der Waals surface area contributed by atoms with Crippen molar-refractivity contribution in [2.24, 2.45) is 5.73 Å². The van der Waals surface area contributed by atoms with E-state index in [9.17, 15) is 14.4 Å². The Morgan fingerprint density at radius 2 is 2.22 bits per heavy atom. The lowest BCUT2D eigenvalue weighted by molar-refractivity contribution is -0.141. The number of nitrogens with two attached hydrogens (primary N) is 1. The van der Waals surface area contributed by atoms with Crippen molar-refractivity contribution in [2.45, 2.75) is 24.9 Å². The molecular formula is C13H21N5O4S. The Labute approximate surface area is 137 Å². The van der Waals surface area contributed by atoms with Crippen LogP contribution in [0.3, 0.4) is 0 Å². The predicted molar refractivity (Wildman–Crippen MR) is 85.8 cm³/mol. The van der Waals surface area contributed by atoms with Crippen LogP contribution in [0, 0.1) is 0 Å². The molecule has 1 rings (SSSR count). The Hall–Kier alpha value is -2.07. The second kappa shape index (κ2) is 9.85. The van der Waals surface area contributed by atoms with Gasteiger partial charge in [-0.3, -0.25) is 9.59 Å². The number of imidazole rings is 1. The van der Waals surface area contributed by atoms with Crippen LogP contribution in [-0.2, 0) is 20.8 Å². The van der Waals surface area contributed by atoms with Crippen molar-refractivity contribution in [1.29, 1.82) is 0 Å². The number of carbonyl (C=O) groups excluding carboxylic acids is 2. The van der Waals surface area contributed by atoms with Crippen molar-refractivity contribution < 1.29 is 19.5 Å². The van der Waals surface area contributed by atoms with Gasteiger partial charge in [-0.15, -0.1) is 0 Å². The van der Waals surface area contributed by atoms with E-state index in [-0.39, 0.29) is 13.0 Å². The van der Waals surface area contributed by atoms with Gasteiger partial charge in [0.05, 0.1) is 18.9 Å². The van der Waals surface area contributed by atoms with Gasteiger partial charge in [0.15, 0.2) is 0 Å². The highest BCUT2D eigenvalue weighted by molar-refractivity contribution is 7.98. The summed E-state index contributed by atoms with van der Waals surface area (Å²) in [7, 11) is 0. The number of carboxylic acids is 1. The van der Waals surface area contributed by atoms with E-state index in [1.165, 1.54) is 18.1 Å². The van der Waals surface area contributed by atoms with Gasteiger partial charge in [0, 0.05) is 18.3 Å². The number of thioether (sulfide) groups is 1. The highest BCUT2D eigenvalue weighted by Crippen LogP contribution is 2.01. The first-order valence-corrected chi connectivity index (χ1v) is 8.35. The highest BCUT2D eigenvalue weighted by atomic mass is 32.2. The average Bonchev–Trinajstić information content (AvgIpc) is 3.01. The molecule has 2 atom stereocenters. The van der Waals surface area contributed by atoms with Gasteiger partial charge >= 0.3 is 5.97 Å². The van der Waals surface area contributed by atoms with E-state index in [2.05, 4.69) is 20.6 Å². The third-order valence-electron chi connectivity index (χ3n) is 3.00. The molecule has 1 aromatic heterocycles. The van der Waals surface area contributed by atoms with Crippen molar-refractivity contribution in [3.8, 4) is 0 Å². The number of carbonyl (C=O) groups is 3. The van der Waals surface area contributed by atoms with E-state index in [1.807, 2.05) is 6.26 Å². The number of carboxylic acid groups (broad SMARTS) is 1. The molecule has 10 heteroatoms. The lowest BCUT2D eigenvalue weighted by Gasteiger charge is -2.15. The summed E-state index contributed by atoms with van der Waals surface area (Å²) >= 11 is 1.49. The maximum absolute atomic E-state index is 11.8. The third-order valence-corrected chi connectivity index (χ3v) is 3.64. The minimum Gasteiger partial charge on any atom is -0.480 e. The normalized spacial score (nSPS) is 13.1. The maximum Gasteiger partial charge on any atom is 0.326 e. The molecule has 0 saturated heterocycles. The number of aromatic amines is 1. The van der Waals surface area contributed by atoms with Gasteiger partial charge in [0.1, 0.15) is 6.04 Å². The van der Waals surface area contributed by atoms with Crippen molar-refractivity contribution in [2.75, 3.05) is 18.6 Å². The number of rotatable bonds is 10. The number of aromatic nitrogens is 2. The molecule has 6 N–H and O–H groups in total. The van der Waals surface area contributed by atoms with Crippen molar-refractivity contribution in [1.82, 2.24) is 20.6 Å². The molecule has 0 radical (unpaired) electrons. The first-order chi connectivity index (χ1) is 10.9. The van der Waals surface area contributed by atoms with Crippen LogP contribution in [0.1, 0.15) is 12.1 Å². The summed E-state index contributed by atoms with van der Waals surface area (Å²) in [5, 5.41) is 13.8. The molecule has 0 aromatic carbocycles. The molecular weight excluding hydrogens is 322 g/mol. The molecule has 0 bridgehead atoms. The summed E-state index contributed by atoms with van der Waals surface area (Å²) in [4.78, 5) is 41.2. The fourth-order valence-corrected chi connectivity index (χ4v) is 2.23. The zero-order chi connectivity index (χ0) is 17.2. The van der Waals surface area contributed by atoms with Gasteiger partial charge in [0.25, 0.3) is 0 Å². The Kier molecular flexibility index (Phi) is 8.13. The number of nitrogens with one attached hydrogen (secondary N) is 3. The van der Waals surface area contributed by atoms with Crippen molar-refractivity contribution >= 4 is 29.5 Å². The monoisotopic (exact) mass is 343 g/mol. The van der Waals surface area contributed by atoms with E-state index in [0.717, 1.165) is 0 Å². The van der Waals surface area contributed by atoms with Crippen LogP contribution in [0.4, 0.5) is 0 Å². The van der Waals surface area contributed by atoms with Crippen LogP contribution in [0.25, 0.3) is 0 Å². The predicted octanol–water partition coefficient (Wildman–Crippen LogP) is -1.28. The summed E-state index contributed by atoms with van der Waals surface area (Å²) < 4.78 is 0. The van der Waals surface area contributed by atoms with Crippen LogP contribution in [0.15, 0.2) is 12.5 Å². The van der Waals surface area contributed by atoms with Crippen LogP contribution < -0.4 is 16.4 Å². The Morgan fingerprint density at radius 1 is 1.48 bits per heavy atom. The zero-order valence-corrected chi connectivity index (χ0v) is 13.6. The zero-order valence-electron chi connectivity index (χ0n) is 12.7. The number of amides is 2. The van der Waals surface area contributed by atoms with E-state index >= 15 is 0 Å². The van der Waals surface area contributed by atoms with Gasteiger partial charge in [-0.05, 0) is 18.4 Å². The lowest BCUT2D eigenvalue weighted by atomic mass is 10.1. The molecule has 0 aliphatic carbocycles. The first-order valence-electron chi connectivity index (χ1n) is 6.95. The van der Waals surface area contributed by atoms with Gasteiger partial charge in [0.2, 0.25) is 11.8 Å². The topological polar surface area (TPSA) is 150 Å². The number of aliphatic carboxylic acids is 1. The van der Waals surface area contributed by atoms with Gasteiger partial charge < -0.3 is 26.5 Å². The lowest BCUT2D eigenvalue weighted by Crippen LogP contribution is -2.49. The first kappa shape index (κ1) is 19.0. The number of H-pyrrole nitrogens is 1. The standard InChI is InChI=1S/C13H21N5O4S/c1-23-3-2-10(13(21)22)18-11(19)6-16-12(20)9(14)4-8-5-15-7-17-8/h5,7,9-10H,2-4,6,14H2,1H3,(H,15,17)(H,16,20)(H,18,19)(H,21,22). The van der Waals surface area contributed by atoms with Crippen LogP contribution in [-0.4, -0.2) is 63.5 Å². The van der Waals surface area contributed by atoms with E-state index < -0.39 is 29.9 Å². The molecule has 9 nitrogen and oxygen atoms in total. The minimum absolute atomic E-state index is 0.263. The molecule has 1 aromatic rings. The molecule has 0 fully saturated rings. The fraction of sp³-hybridized carbons (Fsp3) is 0.538. The largest absolute Gasteiger partial charge is 0.480 e. The molecule has 2 amide bonds. The Balaban J connectivity index is 2.35. The smallest absolute Gasteiger partial charge is 0.326 e. The average molecular weight is 343 g/mol. The van der Waals surface area contributed by atoms with Crippen LogP contribution >= 0.6 is 11.8 Å². The Bertz CT molecular complexity index is 522. The molecule has 23 heavy (non-hydrogen) atoms. The molecule has 1 heterocycles. The number of hydrogen-bond acceptors (Lipinski definition) is 6. The number of nitrogens with zero attached hydrogens (tertiary/aromatic N) is 1. The second-order valence-corrected chi connectivity index (χ2v) is 5.83. The van der Waals surface area contributed by atoms with Crippen molar-refractivity contribution in [3.05, 3.63) is 18.2 Å². The molecule has 128 valence electrons. The fourth-order valence-electron chi connectivity index (χ4n) is 1.76. The number of hydrogen-bond donors (Lipinski definition) is 5. The van der Waals surface area contributed by atoms with Gasteiger partial charge in [-0.25, -0.2) is 9.78 Å². The molecule has 0 saturated carbocycles. The van der Waals surface area contributed by atoms with E-state index in [4.69, 9.17) is 10.8 Å². The summed E-state index contributed by atoms with van der Waals surface area (Å²) in [5.41, 5.74) is 6.43. The van der Waals surface area contributed by atoms with Gasteiger partial charge in [-0.1, -0.05) is 0 Å². The molecule has 0 aliphatic heterocycles. The van der Waals surface area contributed by atoms with E-state index in [0.29, 0.717) is 17.9 Å². The summed E-state index contributed by atoms with van der Waals surface area (Å²) in [6.07, 6.45) is 5.47. The minimum atomic E-state index is -1.10.